The third-order valence-corrected chi connectivity index (χ3v) is 7.70. The highest BCUT2D eigenvalue weighted by Crippen LogP contribution is 2.60. The van der Waals surface area contributed by atoms with Crippen molar-refractivity contribution in [2.45, 2.75) is 63.8 Å². The van der Waals surface area contributed by atoms with Gasteiger partial charge in [-0.15, -0.1) is 0 Å². The summed E-state index contributed by atoms with van der Waals surface area (Å²) in [6.45, 7) is 1.80. The van der Waals surface area contributed by atoms with Crippen LogP contribution in [0.1, 0.15) is 63.4 Å². The van der Waals surface area contributed by atoms with Crippen LogP contribution in [0.25, 0.3) is 0 Å². The first kappa shape index (κ1) is 23.2. The Labute approximate surface area is 192 Å². The fraction of sp³-hybridized carbons (Fsp3) is 0.625. The molecule has 1 amide bonds. The van der Waals surface area contributed by atoms with Crippen LogP contribution in [0.4, 0.5) is 5.69 Å². The number of aliphatic carboxylic acids is 1. The predicted octanol–water partition coefficient (Wildman–Crippen LogP) is 3.42. The van der Waals surface area contributed by atoms with Gasteiger partial charge in [0.1, 0.15) is 6.04 Å². The van der Waals surface area contributed by atoms with E-state index in [9.17, 15) is 29.6 Å². The number of nitrogens with one attached hydrogen (secondary N) is 1. The maximum Gasteiger partial charge on any atom is 0.326 e. The van der Waals surface area contributed by atoms with Crippen LogP contribution in [0.15, 0.2) is 24.3 Å². The van der Waals surface area contributed by atoms with Gasteiger partial charge in [-0.2, -0.15) is 0 Å². The second-order valence-electron chi connectivity index (χ2n) is 9.95. The fourth-order valence-electron chi connectivity index (χ4n) is 6.69. The van der Waals surface area contributed by atoms with Crippen molar-refractivity contribution in [3.8, 4) is 0 Å². The third kappa shape index (κ3) is 4.72. The molecule has 5 rings (SSSR count). The minimum absolute atomic E-state index is 0.141. The van der Waals surface area contributed by atoms with Gasteiger partial charge in [-0.1, -0.05) is 12.1 Å². The van der Waals surface area contributed by atoms with Crippen LogP contribution in [0.3, 0.4) is 0 Å². The van der Waals surface area contributed by atoms with Crippen LogP contribution in [0.5, 0.6) is 0 Å². The summed E-state index contributed by atoms with van der Waals surface area (Å²) in [5, 5.41) is 23.8. The zero-order chi connectivity index (χ0) is 23.8. The number of ether oxygens (including phenoxy) is 1. The topological polar surface area (TPSA) is 136 Å². The van der Waals surface area contributed by atoms with Gasteiger partial charge in [-0.05, 0) is 68.8 Å². The lowest BCUT2D eigenvalue weighted by Gasteiger charge is -2.55. The molecular weight excluding hydrogens is 428 g/mol. The lowest BCUT2D eigenvalue weighted by molar-refractivity contribution is -0.384. The normalized spacial score (nSPS) is 29.2. The molecular formula is C24H30N2O7. The minimum Gasteiger partial charge on any atom is -0.480 e. The Morgan fingerprint density at radius 1 is 1.12 bits per heavy atom. The van der Waals surface area contributed by atoms with Gasteiger partial charge in [-0.3, -0.25) is 19.7 Å². The van der Waals surface area contributed by atoms with Gasteiger partial charge >= 0.3 is 11.9 Å². The Bertz CT molecular complexity index is 907. The summed E-state index contributed by atoms with van der Waals surface area (Å²) >= 11 is 0. The summed E-state index contributed by atoms with van der Waals surface area (Å²) in [4.78, 5) is 48.6. The van der Waals surface area contributed by atoms with Crippen molar-refractivity contribution in [3.05, 3.63) is 39.9 Å². The van der Waals surface area contributed by atoms with Crippen molar-refractivity contribution in [1.82, 2.24) is 5.32 Å². The van der Waals surface area contributed by atoms with Gasteiger partial charge < -0.3 is 15.2 Å². The van der Waals surface area contributed by atoms with Gasteiger partial charge in [0.05, 0.1) is 18.0 Å². The average molecular weight is 459 g/mol. The minimum atomic E-state index is -1.35. The zero-order valence-corrected chi connectivity index (χ0v) is 18.7. The number of amides is 1. The molecule has 178 valence electrons. The van der Waals surface area contributed by atoms with Crippen molar-refractivity contribution in [1.29, 1.82) is 0 Å². The molecule has 33 heavy (non-hydrogen) atoms. The Morgan fingerprint density at radius 2 is 1.67 bits per heavy atom. The summed E-state index contributed by atoms with van der Waals surface area (Å²) in [5.41, 5.74) is -0.253. The van der Waals surface area contributed by atoms with E-state index in [4.69, 9.17) is 4.74 Å². The molecule has 0 spiro atoms. The number of benzene rings is 1. The summed E-state index contributed by atoms with van der Waals surface area (Å²) in [6.07, 6.45) is 5.57. The first-order valence-electron chi connectivity index (χ1n) is 11.6. The summed E-state index contributed by atoms with van der Waals surface area (Å²) in [6, 6.07) is 4.07. The maximum absolute atomic E-state index is 13.5. The number of nitrogens with zero attached hydrogens (tertiary/aromatic N) is 1. The number of hydrogen-bond acceptors (Lipinski definition) is 6. The third-order valence-electron chi connectivity index (χ3n) is 7.70. The van der Waals surface area contributed by atoms with Gasteiger partial charge in [0.25, 0.3) is 5.69 Å². The van der Waals surface area contributed by atoms with E-state index in [0.717, 1.165) is 38.5 Å². The van der Waals surface area contributed by atoms with Crippen LogP contribution in [0, 0.1) is 33.3 Å². The quantitative estimate of drug-likeness (QED) is 0.329. The number of rotatable bonds is 9. The lowest BCUT2D eigenvalue weighted by Crippen LogP contribution is -2.57. The summed E-state index contributed by atoms with van der Waals surface area (Å²) < 4.78 is 5.04. The second kappa shape index (κ2) is 9.11. The highest BCUT2D eigenvalue weighted by Gasteiger charge is 2.55. The molecule has 4 aliphatic rings. The van der Waals surface area contributed by atoms with Gasteiger partial charge in [0.2, 0.25) is 5.91 Å². The standard InChI is InChI=1S/C24H30N2O7/c1-2-33-20(27)10-19(17-3-5-18(6-4-17)26(31)32)21(22(28)29)25-23(30)24-11-14-7-15(12-24)9-16(8-14)13-24/h3-6,14-16,19,21H,2,7-13H2,1H3,(H,25,30)(H,28,29)/t14?,15?,16?,19-,21+,24?/m0/s1. The largest absolute Gasteiger partial charge is 0.480 e. The molecule has 4 saturated carbocycles. The molecule has 1 aromatic rings. The number of carboxylic acid groups (broad SMARTS) is 1. The monoisotopic (exact) mass is 458 g/mol. The van der Waals surface area contributed by atoms with Gasteiger partial charge in [0, 0.05) is 23.5 Å². The van der Waals surface area contributed by atoms with Gasteiger partial charge in [0.15, 0.2) is 0 Å². The van der Waals surface area contributed by atoms with E-state index >= 15 is 0 Å². The van der Waals surface area contributed by atoms with E-state index in [1.807, 2.05) is 0 Å². The van der Waals surface area contributed by atoms with E-state index in [1.54, 1.807) is 6.92 Å². The molecule has 4 aliphatic carbocycles. The molecule has 2 N–H and O–H groups in total. The predicted molar refractivity (Wildman–Crippen MR) is 117 cm³/mol. The number of non-ortho nitro benzene ring substituents is 1. The first-order valence-corrected chi connectivity index (χ1v) is 11.6. The molecule has 0 saturated heterocycles. The highest BCUT2D eigenvalue weighted by molar-refractivity contribution is 5.89. The molecule has 4 fully saturated rings. The van der Waals surface area contributed by atoms with E-state index in [-0.39, 0.29) is 24.6 Å². The highest BCUT2D eigenvalue weighted by atomic mass is 16.6. The molecule has 0 aliphatic heterocycles. The van der Waals surface area contributed by atoms with E-state index in [2.05, 4.69) is 5.32 Å². The molecule has 0 heterocycles. The molecule has 0 aromatic heterocycles. The first-order chi connectivity index (χ1) is 15.7. The number of nitro benzene ring substituents is 1. The second-order valence-corrected chi connectivity index (χ2v) is 9.95. The molecule has 9 heteroatoms. The van der Waals surface area contributed by atoms with Crippen LogP contribution >= 0.6 is 0 Å². The van der Waals surface area contributed by atoms with Crippen LogP contribution in [0.2, 0.25) is 0 Å². The number of nitro groups is 1. The van der Waals surface area contributed by atoms with Crippen molar-refractivity contribution in [3.63, 3.8) is 0 Å². The fourth-order valence-corrected chi connectivity index (χ4v) is 6.69. The SMILES string of the molecule is CCOC(=O)C[C@@H](c1ccc([N+](=O)[O-])cc1)[C@@H](NC(=O)C12CC3CC(CC(C3)C1)C2)C(=O)O. The molecule has 0 radical (unpaired) electrons. The number of carboxylic acids is 1. The van der Waals surface area contributed by atoms with E-state index < -0.39 is 34.2 Å². The number of hydrogen-bond donors (Lipinski definition) is 2. The van der Waals surface area contributed by atoms with E-state index in [0.29, 0.717) is 23.3 Å². The molecule has 1 aromatic carbocycles. The van der Waals surface area contributed by atoms with E-state index in [1.165, 1.54) is 24.3 Å². The van der Waals surface area contributed by atoms with Crippen molar-refractivity contribution in [2.75, 3.05) is 6.61 Å². The Kier molecular flexibility index (Phi) is 6.41. The number of esters is 1. The van der Waals surface area contributed by atoms with Crippen LogP contribution in [-0.4, -0.2) is 40.5 Å². The number of carbonyl (C=O) groups is 3. The van der Waals surface area contributed by atoms with Crippen LogP contribution in [-0.2, 0) is 19.1 Å². The van der Waals surface area contributed by atoms with Crippen molar-refractivity contribution >= 4 is 23.5 Å². The Morgan fingerprint density at radius 3 is 2.12 bits per heavy atom. The average Bonchev–Trinajstić information content (AvgIpc) is 2.75. The number of carbonyl (C=O) groups excluding carboxylic acids is 2. The summed E-state index contributed by atoms with van der Waals surface area (Å²) in [5.74, 6) is -1.43. The van der Waals surface area contributed by atoms with Crippen molar-refractivity contribution < 1.29 is 29.2 Å². The maximum atomic E-state index is 13.5. The lowest BCUT2D eigenvalue weighted by atomic mass is 9.49. The molecule has 0 unspecified atom stereocenters. The summed E-state index contributed by atoms with van der Waals surface area (Å²) in [7, 11) is 0. The zero-order valence-electron chi connectivity index (χ0n) is 18.7. The van der Waals surface area contributed by atoms with Crippen LogP contribution < -0.4 is 5.32 Å². The molecule has 9 nitrogen and oxygen atoms in total. The molecule has 2 atom stereocenters. The smallest absolute Gasteiger partial charge is 0.326 e. The van der Waals surface area contributed by atoms with Gasteiger partial charge in [-0.25, -0.2) is 4.79 Å². The van der Waals surface area contributed by atoms with Crippen molar-refractivity contribution in [2.24, 2.45) is 23.2 Å². The molecule has 4 bridgehead atoms. The Balaban J connectivity index is 1.60. The Hall–Kier alpha value is -2.97.